The number of aryl methyl sites for hydroxylation is 2. The molecule has 0 atom stereocenters. The van der Waals surface area contributed by atoms with E-state index in [1.54, 1.807) is 18.4 Å². The van der Waals surface area contributed by atoms with E-state index in [0.29, 0.717) is 5.11 Å². The molecule has 0 aliphatic heterocycles. The lowest BCUT2D eigenvalue weighted by Crippen LogP contribution is -2.29. The van der Waals surface area contributed by atoms with Crippen LogP contribution >= 0.6 is 23.6 Å². The molecule has 0 saturated carbocycles. The van der Waals surface area contributed by atoms with Crippen LogP contribution in [0.15, 0.2) is 12.1 Å². The summed E-state index contributed by atoms with van der Waals surface area (Å²) in [4.78, 5) is 4.55. The van der Waals surface area contributed by atoms with Gasteiger partial charge in [0.15, 0.2) is 10.2 Å². The summed E-state index contributed by atoms with van der Waals surface area (Å²) >= 11 is 6.86. The van der Waals surface area contributed by atoms with E-state index in [1.165, 1.54) is 15.8 Å². The molecule has 1 aromatic heterocycles. The number of thiocarbonyl (C=S) groups is 1. The summed E-state index contributed by atoms with van der Waals surface area (Å²) in [5.74, 6) is 0. The van der Waals surface area contributed by atoms with E-state index < -0.39 is 0 Å². The number of thiazole rings is 1. The number of fused-ring (bicyclic) bond motifs is 1. The van der Waals surface area contributed by atoms with Crippen LogP contribution in [0.4, 0.5) is 5.13 Å². The zero-order valence-corrected chi connectivity index (χ0v) is 13.6. The van der Waals surface area contributed by atoms with E-state index in [9.17, 15) is 0 Å². The summed E-state index contributed by atoms with van der Waals surface area (Å²) in [6, 6.07) is 4.28. The first-order valence-electron chi connectivity index (χ1n) is 6.51. The summed E-state index contributed by atoms with van der Waals surface area (Å²) in [5, 5.41) is 7.71. The standard InChI is InChI=1S/C14H19N3OS2/c1-9-7-11-12(8-10(9)2)20-14(16-11)17-13(19)15-5-4-6-18-3/h7-8H,4-6H2,1-3H3,(H2,15,16,17,19). The summed E-state index contributed by atoms with van der Waals surface area (Å²) < 4.78 is 6.17. The Hall–Kier alpha value is -1.24. The van der Waals surface area contributed by atoms with Gasteiger partial charge in [-0.05, 0) is 55.7 Å². The Morgan fingerprint density at radius 1 is 1.35 bits per heavy atom. The fourth-order valence-corrected chi connectivity index (χ4v) is 3.01. The van der Waals surface area contributed by atoms with Crippen molar-refractivity contribution in [3.63, 3.8) is 0 Å². The minimum atomic E-state index is 0.605. The first kappa shape index (κ1) is 15.2. The Balaban J connectivity index is 1.97. The molecule has 2 N–H and O–H groups in total. The molecular formula is C14H19N3OS2. The number of methoxy groups -OCH3 is 1. The van der Waals surface area contributed by atoms with Crippen molar-refractivity contribution in [1.29, 1.82) is 0 Å². The number of nitrogens with zero attached hydrogens (tertiary/aromatic N) is 1. The van der Waals surface area contributed by atoms with E-state index in [-0.39, 0.29) is 0 Å². The number of aromatic nitrogens is 1. The molecule has 1 aromatic carbocycles. The molecule has 0 fully saturated rings. The number of anilines is 1. The molecule has 0 radical (unpaired) electrons. The fraction of sp³-hybridized carbons (Fsp3) is 0.429. The van der Waals surface area contributed by atoms with Gasteiger partial charge in [0, 0.05) is 20.3 Å². The van der Waals surface area contributed by atoms with Crippen molar-refractivity contribution in [2.75, 3.05) is 25.6 Å². The summed E-state index contributed by atoms with van der Waals surface area (Å²) in [6.45, 7) is 5.74. The molecule has 0 bridgehead atoms. The van der Waals surface area contributed by atoms with Gasteiger partial charge in [-0.2, -0.15) is 0 Å². The van der Waals surface area contributed by atoms with Crippen molar-refractivity contribution < 1.29 is 4.74 Å². The van der Waals surface area contributed by atoms with Crippen molar-refractivity contribution in [2.24, 2.45) is 0 Å². The Bertz CT molecular complexity index is 571. The van der Waals surface area contributed by atoms with Crippen molar-refractivity contribution in [2.45, 2.75) is 20.3 Å². The van der Waals surface area contributed by atoms with Gasteiger partial charge >= 0.3 is 0 Å². The van der Waals surface area contributed by atoms with Crippen LogP contribution in [0.2, 0.25) is 0 Å². The highest BCUT2D eigenvalue weighted by molar-refractivity contribution is 7.80. The van der Waals surface area contributed by atoms with Crippen LogP contribution in [-0.4, -0.2) is 30.4 Å². The molecule has 0 aliphatic carbocycles. The number of ether oxygens (including phenoxy) is 1. The number of hydrogen-bond donors (Lipinski definition) is 2. The third kappa shape index (κ3) is 3.88. The first-order chi connectivity index (χ1) is 9.60. The van der Waals surface area contributed by atoms with Crippen LogP contribution in [0, 0.1) is 13.8 Å². The Labute approximate surface area is 128 Å². The molecule has 0 amide bonds. The van der Waals surface area contributed by atoms with Crippen molar-refractivity contribution >= 4 is 44.0 Å². The average Bonchev–Trinajstić information content (AvgIpc) is 2.76. The van der Waals surface area contributed by atoms with Crippen LogP contribution < -0.4 is 10.6 Å². The van der Waals surface area contributed by atoms with Crippen molar-refractivity contribution in [3.05, 3.63) is 23.3 Å². The summed E-state index contributed by atoms with van der Waals surface area (Å²) in [6.07, 6.45) is 0.927. The SMILES string of the molecule is COCCCNC(=S)Nc1nc2cc(C)c(C)cc2s1. The van der Waals surface area contributed by atoms with Gasteiger partial charge in [0.1, 0.15) is 0 Å². The molecule has 2 rings (SSSR count). The van der Waals surface area contributed by atoms with E-state index >= 15 is 0 Å². The molecule has 2 aromatic rings. The highest BCUT2D eigenvalue weighted by atomic mass is 32.1. The summed E-state index contributed by atoms with van der Waals surface area (Å²) in [5.41, 5.74) is 3.56. The number of hydrogen-bond acceptors (Lipinski definition) is 4. The predicted octanol–water partition coefficient (Wildman–Crippen LogP) is 3.24. The highest BCUT2D eigenvalue weighted by Crippen LogP contribution is 2.28. The van der Waals surface area contributed by atoms with E-state index in [4.69, 9.17) is 17.0 Å². The molecule has 0 saturated heterocycles. The van der Waals surface area contributed by atoms with E-state index in [2.05, 4.69) is 41.6 Å². The van der Waals surface area contributed by atoms with Crippen molar-refractivity contribution in [3.8, 4) is 0 Å². The minimum absolute atomic E-state index is 0.605. The lowest BCUT2D eigenvalue weighted by molar-refractivity contribution is 0.196. The topological polar surface area (TPSA) is 46.2 Å². The summed E-state index contributed by atoms with van der Waals surface area (Å²) in [7, 11) is 1.70. The fourth-order valence-electron chi connectivity index (χ4n) is 1.79. The van der Waals surface area contributed by atoms with Crippen LogP contribution in [0.1, 0.15) is 17.5 Å². The van der Waals surface area contributed by atoms with Crippen LogP contribution in [0.5, 0.6) is 0 Å². The van der Waals surface area contributed by atoms with Gasteiger partial charge in [0.05, 0.1) is 10.2 Å². The molecule has 108 valence electrons. The normalized spacial score (nSPS) is 10.8. The molecule has 6 heteroatoms. The average molecular weight is 309 g/mol. The molecule has 0 unspecified atom stereocenters. The zero-order chi connectivity index (χ0) is 14.5. The van der Waals surface area contributed by atoms with Gasteiger partial charge in [0.25, 0.3) is 0 Å². The van der Waals surface area contributed by atoms with E-state index in [1.807, 2.05) is 0 Å². The smallest absolute Gasteiger partial charge is 0.190 e. The lowest BCUT2D eigenvalue weighted by atomic mass is 10.1. The maximum absolute atomic E-state index is 5.25. The first-order valence-corrected chi connectivity index (χ1v) is 7.74. The van der Waals surface area contributed by atoms with Gasteiger partial charge in [-0.3, -0.25) is 0 Å². The van der Waals surface area contributed by atoms with Crippen LogP contribution in [0.3, 0.4) is 0 Å². The maximum Gasteiger partial charge on any atom is 0.190 e. The van der Waals surface area contributed by atoms with Gasteiger partial charge in [-0.1, -0.05) is 11.3 Å². The van der Waals surface area contributed by atoms with Gasteiger partial charge in [0.2, 0.25) is 0 Å². The van der Waals surface area contributed by atoms with Crippen molar-refractivity contribution in [1.82, 2.24) is 10.3 Å². The number of nitrogens with one attached hydrogen (secondary N) is 2. The molecule has 4 nitrogen and oxygen atoms in total. The maximum atomic E-state index is 5.25. The molecular weight excluding hydrogens is 290 g/mol. The predicted molar refractivity (Wildman–Crippen MR) is 89.8 cm³/mol. The molecule has 1 heterocycles. The molecule has 0 spiro atoms. The van der Waals surface area contributed by atoms with Gasteiger partial charge < -0.3 is 15.4 Å². The highest BCUT2D eigenvalue weighted by Gasteiger charge is 2.06. The van der Waals surface area contributed by atoms with Gasteiger partial charge in [-0.25, -0.2) is 4.98 Å². The number of rotatable bonds is 5. The number of benzene rings is 1. The second-order valence-electron chi connectivity index (χ2n) is 4.65. The zero-order valence-electron chi connectivity index (χ0n) is 11.9. The Morgan fingerprint density at radius 2 is 2.10 bits per heavy atom. The lowest BCUT2D eigenvalue weighted by Gasteiger charge is -2.07. The van der Waals surface area contributed by atoms with E-state index in [0.717, 1.165) is 30.2 Å². The molecule has 20 heavy (non-hydrogen) atoms. The Kier molecular flexibility index (Phi) is 5.28. The Morgan fingerprint density at radius 3 is 2.85 bits per heavy atom. The monoisotopic (exact) mass is 309 g/mol. The second-order valence-corrected chi connectivity index (χ2v) is 6.09. The third-order valence-corrected chi connectivity index (χ3v) is 4.22. The van der Waals surface area contributed by atoms with Crippen LogP contribution in [0.25, 0.3) is 10.2 Å². The van der Waals surface area contributed by atoms with Crippen LogP contribution in [-0.2, 0) is 4.74 Å². The third-order valence-electron chi connectivity index (χ3n) is 3.04. The largest absolute Gasteiger partial charge is 0.385 e. The second kappa shape index (κ2) is 6.97. The minimum Gasteiger partial charge on any atom is -0.385 e. The molecule has 0 aliphatic rings. The quantitative estimate of drug-likeness (QED) is 0.656. The van der Waals surface area contributed by atoms with Gasteiger partial charge in [-0.15, -0.1) is 0 Å².